The number of hydrogen-bond acceptors (Lipinski definition) is 2. The lowest BCUT2D eigenvalue weighted by Gasteiger charge is -2.15. The smallest absolute Gasteiger partial charge is 0.388 e. The molecule has 1 heterocycles. The minimum atomic E-state index is -4.40. The summed E-state index contributed by atoms with van der Waals surface area (Å²) in [6, 6.07) is 5.27. The van der Waals surface area contributed by atoms with Gasteiger partial charge in [-0.15, -0.1) is 0 Å². The van der Waals surface area contributed by atoms with Crippen LogP contribution >= 0.6 is 27.3 Å². The molecule has 0 aliphatic carbocycles. The Morgan fingerprint density at radius 2 is 2.00 bits per heavy atom. The predicted molar refractivity (Wildman–Crippen MR) is 76.7 cm³/mol. The molecular formula is C14H12BrF3OS. The van der Waals surface area contributed by atoms with Crippen LogP contribution in [0.1, 0.15) is 29.2 Å². The molecular weight excluding hydrogens is 353 g/mol. The van der Waals surface area contributed by atoms with Crippen LogP contribution < -0.4 is 0 Å². The third kappa shape index (κ3) is 3.84. The molecule has 0 saturated heterocycles. The minimum absolute atomic E-state index is 0.273. The zero-order chi connectivity index (χ0) is 14.8. The number of hydrogen-bond donors (Lipinski definition) is 1. The second kappa shape index (κ2) is 6.28. The molecule has 6 heteroatoms. The van der Waals surface area contributed by atoms with Crippen molar-refractivity contribution in [1.29, 1.82) is 0 Å². The van der Waals surface area contributed by atoms with Crippen LogP contribution in [0.5, 0.6) is 0 Å². The summed E-state index contributed by atoms with van der Waals surface area (Å²) in [6.07, 6.45) is -4.31. The maximum absolute atomic E-state index is 12.7. The number of halogens is 4. The molecule has 20 heavy (non-hydrogen) atoms. The number of aliphatic hydroxyl groups excluding tert-OH is 1. The Balaban J connectivity index is 2.14. The molecule has 0 aliphatic rings. The molecule has 2 aromatic rings. The highest BCUT2D eigenvalue weighted by Gasteiger charge is 2.31. The first kappa shape index (κ1) is 15.5. The van der Waals surface area contributed by atoms with Gasteiger partial charge in [0.05, 0.1) is 11.7 Å². The van der Waals surface area contributed by atoms with Crippen LogP contribution in [-0.4, -0.2) is 5.11 Å². The molecule has 1 aromatic carbocycles. The second-order valence-electron chi connectivity index (χ2n) is 4.42. The minimum Gasteiger partial charge on any atom is -0.388 e. The van der Waals surface area contributed by atoms with Gasteiger partial charge in [0.15, 0.2) is 0 Å². The van der Waals surface area contributed by atoms with E-state index >= 15 is 0 Å². The summed E-state index contributed by atoms with van der Waals surface area (Å²) in [7, 11) is 0. The molecule has 0 bridgehead atoms. The molecule has 0 fully saturated rings. The van der Waals surface area contributed by atoms with Crippen molar-refractivity contribution in [1.82, 2.24) is 0 Å². The molecule has 1 N–H and O–H groups in total. The second-order valence-corrected chi connectivity index (χ2v) is 6.05. The van der Waals surface area contributed by atoms with Gasteiger partial charge in [-0.05, 0) is 59.0 Å². The Labute approximate surface area is 127 Å². The highest BCUT2D eigenvalue weighted by atomic mass is 79.9. The van der Waals surface area contributed by atoms with E-state index in [0.29, 0.717) is 17.3 Å². The van der Waals surface area contributed by atoms with E-state index in [2.05, 4.69) is 15.9 Å². The third-order valence-electron chi connectivity index (χ3n) is 2.97. The maximum Gasteiger partial charge on any atom is 0.416 e. The van der Waals surface area contributed by atoms with Gasteiger partial charge in [0.1, 0.15) is 0 Å². The first-order valence-corrected chi connectivity index (χ1v) is 7.67. The standard InChI is InChI=1S/C14H12BrF3OS/c15-12-3-2-10(14(16,17)18)7-11(12)13(19)4-1-9-5-6-20-8-9/h2-3,5-8,13,19H,1,4H2. The van der Waals surface area contributed by atoms with E-state index in [-0.39, 0.29) is 5.56 Å². The Hall–Kier alpha value is -0.850. The first-order valence-electron chi connectivity index (χ1n) is 5.93. The van der Waals surface area contributed by atoms with Crippen LogP contribution in [0.25, 0.3) is 0 Å². The van der Waals surface area contributed by atoms with Gasteiger partial charge >= 0.3 is 6.18 Å². The Kier molecular flexibility index (Phi) is 4.88. The van der Waals surface area contributed by atoms with Crippen LogP contribution in [0.15, 0.2) is 39.5 Å². The summed E-state index contributed by atoms with van der Waals surface area (Å²) < 4.78 is 38.5. The topological polar surface area (TPSA) is 20.2 Å². The van der Waals surface area contributed by atoms with Gasteiger partial charge in [0, 0.05) is 4.47 Å². The van der Waals surface area contributed by atoms with E-state index in [1.54, 1.807) is 11.3 Å². The number of rotatable bonds is 4. The summed E-state index contributed by atoms with van der Waals surface area (Å²) in [5.74, 6) is 0. The number of alkyl halides is 3. The maximum atomic E-state index is 12.7. The lowest BCUT2D eigenvalue weighted by molar-refractivity contribution is -0.137. The van der Waals surface area contributed by atoms with Crippen molar-refractivity contribution in [3.63, 3.8) is 0 Å². The van der Waals surface area contributed by atoms with Gasteiger partial charge in [-0.2, -0.15) is 24.5 Å². The van der Waals surface area contributed by atoms with E-state index in [4.69, 9.17) is 0 Å². The van der Waals surface area contributed by atoms with Crippen molar-refractivity contribution >= 4 is 27.3 Å². The van der Waals surface area contributed by atoms with Gasteiger partial charge in [-0.25, -0.2) is 0 Å². The fourth-order valence-corrected chi connectivity index (χ4v) is 3.08. The van der Waals surface area contributed by atoms with Crippen LogP contribution in [-0.2, 0) is 12.6 Å². The quantitative estimate of drug-likeness (QED) is 0.790. The molecule has 0 aliphatic heterocycles. The number of aliphatic hydroxyl groups is 1. The number of aryl methyl sites for hydroxylation is 1. The number of benzene rings is 1. The lowest BCUT2D eigenvalue weighted by atomic mass is 10.0. The Morgan fingerprint density at radius 1 is 1.25 bits per heavy atom. The summed E-state index contributed by atoms with van der Waals surface area (Å²) >= 11 is 4.75. The zero-order valence-electron chi connectivity index (χ0n) is 10.3. The van der Waals surface area contributed by atoms with Gasteiger partial charge in [-0.3, -0.25) is 0 Å². The van der Waals surface area contributed by atoms with Crippen LogP contribution in [0.3, 0.4) is 0 Å². The van der Waals surface area contributed by atoms with E-state index in [1.165, 1.54) is 6.07 Å². The van der Waals surface area contributed by atoms with E-state index in [9.17, 15) is 18.3 Å². The predicted octanol–water partition coefficient (Wildman–Crippen LogP) is 5.20. The van der Waals surface area contributed by atoms with Crippen molar-refractivity contribution < 1.29 is 18.3 Å². The fourth-order valence-electron chi connectivity index (χ4n) is 1.87. The largest absolute Gasteiger partial charge is 0.416 e. The average Bonchev–Trinajstić information content (AvgIpc) is 2.88. The highest BCUT2D eigenvalue weighted by molar-refractivity contribution is 9.10. The summed E-state index contributed by atoms with van der Waals surface area (Å²) in [5, 5.41) is 14.0. The van der Waals surface area contributed by atoms with Crippen molar-refractivity contribution in [3.05, 3.63) is 56.2 Å². The lowest BCUT2D eigenvalue weighted by Crippen LogP contribution is -2.08. The van der Waals surface area contributed by atoms with Gasteiger partial charge in [0.25, 0.3) is 0 Å². The SMILES string of the molecule is OC(CCc1ccsc1)c1cc(C(F)(F)F)ccc1Br. The first-order chi connectivity index (χ1) is 9.38. The monoisotopic (exact) mass is 364 g/mol. The van der Waals surface area contributed by atoms with Crippen molar-refractivity contribution in [2.45, 2.75) is 25.1 Å². The number of thiophene rings is 1. The highest BCUT2D eigenvalue weighted by Crippen LogP contribution is 2.35. The molecule has 1 aromatic heterocycles. The van der Waals surface area contributed by atoms with Gasteiger partial charge in [-0.1, -0.05) is 15.9 Å². The normalized spacial score (nSPS) is 13.4. The van der Waals surface area contributed by atoms with E-state index in [0.717, 1.165) is 17.7 Å². The third-order valence-corrected chi connectivity index (χ3v) is 4.42. The van der Waals surface area contributed by atoms with Crippen LogP contribution in [0, 0.1) is 0 Å². The molecule has 1 nitrogen and oxygen atoms in total. The van der Waals surface area contributed by atoms with Crippen molar-refractivity contribution in [2.75, 3.05) is 0 Å². The summed E-state index contributed by atoms with van der Waals surface area (Å²) in [6.45, 7) is 0. The van der Waals surface area contributed by atoms with Crippen molar-refractivity contribution in [2.24, 2.45) is 0 Å². The fraction of sp³-hybridized carbons (Fsp3) is 0.286. The van der Waals surface area contributed by atoms with Crippen LogP contribution in [0.2, 0.25) is 0 Å². The molecule has 0 radical (unpaired) electrons. The molecule has 2 rings (SSSR count). The summed E-state index contributed by atoms with van der Waals surface area (Å²) in [4.78, 5) is 0. The molecule has 0 amide bonds. The van der Waals surface area contributed by atoms with Gasteiger partial charge < -0.3 is 5.11 Å². The molecule has 108 valence electrons. The summed E-state index contributed by atoms with van der Waals surface area (Å²) in [5.41, 5.74) is 0.609. The van der Waals surface area contributed by atoms with Crippen molar-refractivity contribution in [3.8, 4) is 0 Å². The van der Waals surface area contributed by atoms with Gasteiger partial charge in [0.2, 0.25) is 0 Å². The van der Waals surface area contributed by atoms with Crippen LogP contribution in [0.4, 0.5) is 13.2 Å². The average molecular weight is 365 g/mol. The molecule has 0 saturated carbocycles. The molecule has 1 atom stereocenters. The Bertz CT molecular complexity index is 566. The Morgan fingerprint density at radius 3 is 2.60 bits per heavy atom. The zero-order valence-corrected chi connectivity index (χ0v) is 12.7. The van der Waals surface area contributed by atoms with E-state index < -0.39 is 17.8 Å². The molecule has 1 unspecified atom stereocenters. The van der Waals surface area contributed by atoms with E-state index in [1.807, 2.05) is 16.8 Å². The molecule has 0 spiro atoms.